The van der Waals surface area contributed by atoms with Gasteiger partial charge in [0, 0.05) is 6.04 Å². The first kappa shape index (κ1) is 5.63. The maximum Gasteiger partial charge on any atom is 0.00887 e. The van der Waals surface area contributed by atoms with E-state index in [0.29, 0.717) is 6.42 Å². The van der Waals surface area contributed by atoms with Crippen molar-refractivity contribution < 1.29 is 0 Å². The molecule has 0 fully saturated rings. The van der Waals surface area contributed by atoms with Crippen LogP contribution >= 0.6 is 0 Å². The lowest BCUT2D eigenvalue weighted by Crippen LogP contribution is -2.14. The smallest absolute Gasteiger partial charge is 0.00887 e. The first-order valence-electron chi connectivity index (χ1n) is 1.85. The number of nitrogens with one attached hydrogen (secondary N) is 1. The molecular weight excluding hydrogens is 76.1 g/mol. The predicted octanol–water partition coefficient (Wildman–Crippen LogP) is 0.187. The van der Waals surface area contributed by atoms with Gasteiger partial charge < -0.3 is 11.1 Å². The molecule has 0 aliphatic carbocycles. The molecule has 0 aromatic heterocycles. The van der Waals surface area contributed by atoms with Crippen LogP contribution in [0.5, 0.6) is 0 Å². The van der Waals surface area contributed by atoms with E-state index < -0.39 is 0 Å². The van der Waals surface area contributed by atoms with Gasteiger partial charge in [-0.2, -0.15) is 0 Å². The lowest BCUT2D eigenvalue weighted by molar-refractivity contribution is 0.863. The normalized spacial score (nSPS) is 13.7. The van der Waals surface area contributed by atoms with E-state index in [-0.39, 0.29) is 6.04 Å². The van der Waals surface area contributed by atoms with Gasteiger partial charge in [0.2, 0.25) is 0 Å². The predicted molar refractivity (Wildman–Crippen MR) is 26.7 cm³/mol. The Bertz CT molecular complexity index is 40.8. The van der Waals surface area contributed by atoms with Crippen LogP contribution in [0.2, 0.25) is 0 Å². The van der Waals surface area contributed by atoms with Crippen LogP contribution in [0.4, 0.5) is 0 Å². The Hall–Kier alpha value is -0.370. The summed E-state index contributed by atoms with van der Waals surface area (Å²) in [5.41, 5.74) is 5.14. The zero-order valence-electron chi connectivity index (χ0n) is 3.65. The van der Waals surface area contributed by atoms with Crippen LogP contribution in [0, 0.1) is 12.3 Å². The highest BCUT2D eigenvalue weighted by Gasteiger charge is 1.83. The summed E-state index contributed by atoms with van der Waals surface area (Å²) in [6.07, 6.45) is 1.84. The largest absolute Gasteiger partial charge is 0.327 e. The summed E-state index contributed by atoms with van der Waals surface area (Å²) in [6.45, 7) is 3.45. The molecule has 6 heavy (non-hydrogen) atoms. The molecule has 1 unspecified atom stereocenters. The second-order valence-corrected chi connectivity index (χ2v) is 1.20. The maximum atomic E-state index is 6.49. The van der Waals surface area contributed by atoms with Gasteiger partial charge in [0.05, 0.1) is 0 Å². The molecule has 0 aliphatic rings. The number of hydrogen-bond donors (Lipinski definition) is 2. The van der Waals surface area contributed by atoms with Crippen molar-refractivity contribution in [1.82, 2.24) is 0 Å². The lowest BCUT2D eigenvalue weighted by Gasteiger charge is -1.92. The second kappa shape index (κ2) is 2.85. The molecule has 0 amide bonds. The van der Waals surface area contributed by atoms with Crippen LogP contribution in [0.1, 0.15) is 6.42 Å². The van der Waals surface area contributed by atoms with Crippen LogP contribution in [0.15, 0.2) is 0 Å². The summed E-state index contributed by atoms with van der Waals surface area (Å²) in [5.74, 6) is 0. The topological polar surface area (TPSA) is 49.9 Å². The van der Waals surface area contributed by atoms with Crippen molar-refractivity contribution in [2.75, 3.05) is 0 Å². The molecule has 1 radical (unpaired) electrons. The second-order valence-electron chi connectivity index (χ2n) is 1.20. The monoisotopic (exact) mass is 85.1 g/mol. The van der Waals surface area contributed by atoms with Crippen LogP contribution in [-0.2, 0) is 0 Å². The fraction of sp³-hybridized carbons (Fsp3) is 0.500. The Balaban J connectivity index is 2.81. The SMILES string of the molecule is [CH2]C(N)CC=N. The van der Waals surface area contributed by atoms with Crippen molar-refractivity contribution in [2.24, 2.45) is 5.73 Å². The molecule has 2 heteroatoms. The zero-order valence-corrected chi connectivity index (χ0v) is 3.65. The minimum Gasteiger partial charge on any atom is -0.327 e. The molecule has 0 aliphatic heterocycles. The lowest BCUT2D eigenvalue weighted by atomic mass is 10.3. The minimum absolute atomic E-state index is 0.0949. The molecule has 3 N–H and O–H groups in total. The fourth-order valence-corrected chi connectivity index (χ4v) is 0.151. The van der Waals surface area contributed by atoms with Gasteiger partial charge in [-0.3, -0.25) is 0 Å². The molecule has 2 nitrogen and oxygen atoms in total. The number of hydrogen-bond acceptors (Lipinski definition) is 2. The molecule has 0 bridgehead atoms. The van der Waals surface area contributed by atoms with E-state index >= 15 is 0 Å². The van der Waals surface area contributed by atoms with Gasteiger partial charge >= 0.3 is 0 Å². The van der Waals surface area contributed by atoms with Gasteiger partial charge in [0.1, 0.15) is 0 Å². The van der Waals surface area contributed by atoms with E-state index in [1.54, 1.807) is 0 Å². The Kier molecular flexibility index (Phi) is 2.67. The third-order valence-electron chi connectivity index (χ3n) is 0.421. The standard InChI is InChI=1S/C4H9N2/c1-4(6)2-3-5/h3-5H,1-2,6H2. The van der Waals surface area contributed by atoms with Crippen LogP contribution in [-0.4, -0.2) is 12.3 Å². The van der Waals surface area contributed by atoms with Gasteiger partial charge in [-0.05, 0) is 19.6 Å². The summed E-state index contributed by atoms with van der Waals surface area (Å²) in [4.78, 5) is 0. The summed E-state index contributed by atoms with van der Waals surface area (Å²) in [7, 11) is 0. The first-order chi connectivity index (χ1) is 2.77. The molecular formula is C4H9N2. The molecule has 35 valence electrons. The highest BCUT2D eigenvalue weighted by molar-refractivity contribution is 5.53. The highest BCUT2D eigenvalue weighted by Crippen LogP contribution is 1.74. The summed E-state index contributed by atoms with van der Waals surface area (Å²) >= 11 is 0. The average Bonchev–Trinajstić information content (AvgIpc) is 1.35. The first-order valence-corrected chi connectivity index (χ1v) is 1.85. The summed E-state index contributed by atoms with van der Waals surface area (Å²) in [6, 6.07) is -0.0949. The van der Waals surface area contributed by atoms with Crippen molar-refractivity contribution in [3.8, 4) is 0 Å². The average molecular weight is 85.1 g/mol. The Morgan fingerprint density at radius 1 is 2.00 bits per heavy atom. The Labute approximate surface area is 37.9 Å². The molecule has 0 aromatic carbocycles. The number of nitrogens with two attached hydrogens (primary N) is 1. The minimum atomic E-state index is -0.0949. The fourth-order valence-electron chi connectivity index (χ4n) is 0.151. The van der Waals surface area contributed by atoms with E-state index in [1.165, 1.54) is 6.21 Å². The van der Waals surface area contributed by atoms with Gasteiger partial charge in [-0.25, -0.2) is 0 Å². The summed E-state index contributed by atoms with van der Waals surface area (Å²) in [5, 5.41) is 6.49. The highest BCUT2D eigenvalue weighted by atomic mass is 14.6. The third-order valence-corrected chi connectivity index (χ3v) is 0.421. The van der Waals surface area contributed by atoms with Gasteiger partial charge in [-0.15, -0.1) is 0 Å². The molecule has 0 saturated carbocycles. The van der Waals surface area contributed by atoms with Gasteiger partial charge in [-0.1, -0.05) is 0 Å². The van der Waals surface area contributed by atoms with Crippen LogP contribution in [0.3, 0.4) is 0 Å². The molecule has 1 atom stereocenters. The van der Waals surface area contributed by atoms with E-state index in [9.17, 15) is 0 Å². The van der Waals surface area contributed by atoms with E-state index in [1.807, 2.05) is 0 Å². The molecule has 0 rings (SSSR count). The molecule has 0 heterocycles. The Morgan fingerprint density at radius 2 is 2.50 bits per heavy atom. The summed E-state index contributed by atoms with van der Waals surface area (Å²) < 4.78 is 0. The van der Waals surface area contributed by atoms with Crippen molar-refractivity contribution in [1.29, 1.82) is 5.41 Å². The number of rotatable bonds is 2. The van der Waals surface area contributed by atoms with E-state index in [0.717, 1.165) is 0 Å². The van der Waals surface area contributed by atoms with E-state index in [4.69, 9.17) is 11.1 Å². The third kappa shape index (κ3) is 3.63. The van der Waals surface area contributed by atoms with Gasteiger partial charge in [0.25, 0.3) is 0 Å². The zero-order chi connectivity index (χ0) is 4.99. The van der Waals surface area contributed by atoms with E-state index in [2.05, 4.69) is 6.92 Å². The van der Waals surface area contributed by atoms with Crippen molar-refractivity contribution in [3.05, 3.63) is 6.92 Å². The van der Waals surface area contributed by atoms with Crippen LogP contribution < -0.4 is 5.73 Å². The van der Waals surface area contributed by atoms with Crippen LogP contribution in [0.25, 0.3) is 0 Å². The maximum absolute atomic E-state index is 6.49. The molecule has 0 saturated heterocycles. The quantitative estimate of drug-likeness (QED) is 0.462. The van der Waals surface area contributed by atoms with Crippen molar-refractivity contribution in [2.45, 2.75) is 12.5 Å². The Morgan fingerprint density at radius 3 is 2.50 bits per heavy atom. The van der Waals surface area contributed by atoms with Gasteiger partial charge in [0.15, 0.2) is 0 Å². The van der Waals surface area contributed by atoms with Crippen molar-refractivity contribution >= 4 is 6.21 Å². The molecule has 0 aromatic rings. The molecule has 0 spiro atoms. The van der Waals surface area contributed by atoms with Crippen molar-refractivity contribution in [3.63, 3.8) is 0 Å².